The molecule has 0 unspecified atom stereocenters. The Bertz CT molecular complexity index is 659. The van der Waals surface area contributed by atoms with Crippen LogP contribution in [0.15, 0.2) is 36.5 Å². The summed E-state index contributed by atoms with van der Waals surface area (Å²) in [6, 6.07) is 8.93. The Hall–Kier alpha value is -2.56. The maximum atomic E-state index is 12.0. The number of hydrogen-bond acceptors (Lipinski definition) is 2. The molecular formula is C15H17N3O2. The van der Waals surface area contributed by atoms with Gasteiger partial charge in [0.2, 0.25) is 0 Å². The standard InChI is InChI=1S/C15H17N3O2/c1-10-6-4-7-12(11(10)2)14(19)16-17-15(20)13-8-5-9-18(13)3/h4-9H,1-3H3,(H,16,19)(H,17,20). The minimum absolute atomic E-state index is 0.325. The van der Waals surface area contributed by atoms with Crippen molar-refractivity contribution in [2.45, 2.75) is 13.8 Å². The van der Waals surface area contributed by atoms with Gasteiger partial charge in [0.15, 0.2) is 0 Å². The Morgan fingerprint density at radius 2 is 1.70 bits per heavy atom. The van der Waals surface area contributed by atoms with Crippen LogP contribution in [0.5, 0.6) is 0 Å². The lowest BCUT2D eigenvalue weighted by Crippen LogP contribution is -2.42. The van der Waals surface area contributed by atoms with E-state index >= 15 is 0 Å². The lowest BCUT2D eigenvalue weighted by atomic mass is 10.0. The van der Waals surface area contributed by atoms with Crippen LogP contribution in [-0.2, 0) is 7.05 Å². The number of hydrazine groups is 1. The molecule has 1 aromatic carbocycles. The van der Waals surface area contributed by atoms with Gasteiger partial charge in [-0.2, -0.15) is 0 Å². The number of hydrogen-bond donors (Lipinski definition) is 2. The van der Waals surface area contributed by atoms with Crippen molar-refractivity contribution in [2.24, 2.45) is 7.05 Å². The van der Waals surface area contributed by atoms with E-state index in [1.165, 1.54) is 0 Å². The van der Waals surface area contributed by atoms with E-state index in [9.17, 15) is 9.59 Å². The first-order valence-corrected chi connectivity index (χ1v) is 6.29. The Morgan fingerprint density at radius 1 is 1.00 bits per heavy atom. The lowest BCUT2D eigenvalue weighted by molar-refractivity contribution is 0.0841. The van der Waals surface area contributed by atoms with Gasteiger partial charge in [0.05, 0.1) is 0 Å². The van der Waals surface area contributed by atoms with Gasteiger partial charge in [0.1, 0.15) is 5.69 Å². The molecule has 0 aliphatic heterocycles. The molecule has 2 rings (SSSR count). The quantitative estimate of drug-likeness (QED) is 0.817. The molecule has 1 heterocycles. The molecule has 0 aliphatic carbocycles. The van der Waals surface area contributed by atoms with E-state index in [1.54, 1.807) is 36.0 Å². The van der Waals surface area contributed by atoms with Crippen LogP contribution >= 0.6 is 0 Å². The highest BCUT2D eigenvalue weighted by molar-refractivity contribution is 5.99. The third kappa shape index (κ3) is 2.71. The Balaban J connectivity index is 2.04. The van der Waals surface area contributed by atoms with Crippen LogP contribution in [0, 0.1) is 13.8 Å². The molecule has 0 saturated heterocycles. The lowest BCUT2D eigenvalue weighted by Gasteiger charge is -2.10. The molecule has 5 nitrogen and oxygen atoms in total. The van der Waals surface area contributed by atoms with Crippen LogP contribution in [0.4, 0.5) is 0 Å². The maximum Gasteiger partial charge on any atom is 0.286 e. The van der Waals surface area contributed by atoms with E-state index in [0.29, 0.717) is 11.3 Å². The fourth-order valence-electron chi connectivity index (χ4n) is 1.94. The smallest absolute Gasteiger partial charge is 0.286 e. The molecular weight excluding hydrogens is 254 g/mol. The maximum absolute atomic E-state index is 12.0. The van der Waals surface area contributed by atoms with Gasteiger partial charge < -0.3 is 4.57 Å². The first kappa shape index (κ1) is 13.9. The summed E-state index contributed by atoms with van der Waals surface area (Å²) in [7, 11) is 1.77. The summed E-state index contributed by atoms with van der Waals surface area (Å²) in [6.07, 6.45) is 1.77. The van der Waals surface area contributed by atoms with E-state index < -0.39 is 0 Å². The van der Waals surface area contributed by atoms with Crippen molar-refractivity contribution in [3.05, 3.63) is 58.9 Å². The van der Waals surface area contributed by atoms with Gasteiger partial charge in [-0.05, 0) is 43.2 Å². The van der Waals surface area contributed by atoms with Gasteiger partial charge in [-0.25, -0.2) is 0 Å². The molecule has 2 N–H and O–H groups in total. The first-order valence-electron chi connectivity index (χ1n) is 6.29. The van der Waals surface area contributed by atoms with E-state index in [1.807, 2.05) is 26.0 Å². The molecule has 0 atom stereocenters. The van der Waals surface area contributed by atoms with Crippen LogP contribution < -0.4 is 10.9 Å². The van der Waals surface area contributed by atoms with Crippen LogP contribution in [-0.4, -0.2) is 16.4 Å². The highest BCUT2D eigenvalue weighted by atomic mass is 16.2. The normalized spacial score (nSPS) is 10.2. The minimum atomic E-state index is -0.351. The molecule has 2 aromatic rings. The van der Waals surface area contributed by atoms with Crippen molar-refractivity contribution >= 4 is 11.8 Å². The zero-order valence-corrected chi connectivity index (χ0v) is 11.7. The number of carbonyl (C=O) groups excluding carboxylic acids is 2. The average Bonchev–Trinajstić information content (AvgIpc) is 2.85. The Morgan fingerprint density at radius 3 is 2.35 bits per heavy atom. The number of rotatable bonds is 2. The number of nitrogens with zero attached hydrogens (tertiary/aromatic N) is 1. The van der Waals surface area contributed by atoms with Crippen molar-refractivity contribution < 1.29 is 9.59 Å². The van der Waals surface area contributed by atoms with Crippen LogP contribution in [0.2, 0.25) is 0 Å². The Labute approximate surface area is 117 Å². The average molecular weight is 271 g/mol. The highest BCUT2D eigenvalue weighted by Crippen LogP contribution is 2.12. The van der Waals surface area contributed by atoms with E-state index in [4.69, 9.17) is 0 Å². The van der Waals surface area contributed by atoms with Gasteiger partial charge in [-0.1, -0.05) is 12.1 Å². The summed E-state index contributed by atoms with van der Waals surface area (Å²) in [6.45, 7) is 3.82. The highest BCUT2D eigenvalue weighted by Gasteiger charge is 2.13. The number of aromatic nitrogens is 1. The number of amides is 2. The summed E-state index contributed by atoms with van der Waals surface area (Å²) in [4.78, 5) is 23.9. The molecule has 0 saturated carbocycles. The van der Waals surface area contributed by atoms with Gasteiger partial charge in [-0.15, -0.1) is 0 Å². The van der Waals surface area contributed by atoms with Crippen molar-refractivity contribution in [3.8, 4) is 0 Å². The SMILES string of the molecule is Cc1cccc(C(=O)NNC(=O)c2cccn2C)c1C. The summed E-state index contributed by atoms with van der Waals surface area (Å²) in [5.74, 6) is -0.676. The zero-order chi connectivity index (χ0) is 14.7. The molecule has 0 aliphatic rings. The fourth-order valence-corrected chi connectivity index (χ4v) is 1.94. The fraction of sp³-hybridized carbons (Fsp3) is 0.200. The molecule has 0 fully saturated rings. The second-order valence-electron chi connectivity index (χ2n) is 4.66. The summed E-state index contributed by atoms with van der Waals surface area (Å²) < 4.78 is 1.68. The van der Waals surface area contributed by atoms with Gasteiger partial charge in [0, 0.05) is 18.8 Å². The number of nitrogens with one attached hydrogen (secondary N) is 2. The second kappa shape index (κ2) is 5.61. The van der Waals surface area contributed by atoms with Crippen molar-refractivity contribution in [3.63, 3.8) is 0 Å². The number of benzene rings is 1. The first-order chi connectivity index (χ1) is 9.50. The molecule has 0 spiro atoms. The van der Waals surface area contributed by atoms with Gasteiger partial charge in [-0.3, -0.25) is 20.4 Å². The molecule has 1 aromatic heterocycles. The van der Waals surface area contributed by atoms with Crippen molar-refractivity contribution in [1.29, 1.82) is 0 Å². The van der Waals surface area contributed by atoms with Crippen LogP contribution in [0.3, 0.4) is 0 Å². The number of carbonyl (C=O) groups is 2. The largest absolute Gasteiger partial charge is 0.347 e. The topological polar surface area (TPSA) is 63.1 Å². The van der Waals surface area contributed by atoms with E-state index in [2.05, 4.69) is 10.9 Å². The van der Waals surface area contributed by atoms with Gasteiger partial charge >= 0.3 is 0 Å². The molecule has 0 bridgehead atoms. The number of aryl methyl sites for hydroxylation is 2. The summed E-state index contributed by atoms with van der Waals surface area (Å²) in [5, 5.41) is 0. The molecule has 20 heavy (non-hydrogen) atoms. The zero-order valence-electron chi connectivity index (χ0n) is 11.7. The Kier molecular flexibility index (Phi) is 3.89. The molecule has 104 valence electrons. The third-order valence-corrected chi connectivity index (χ3v) is 3.32. The predicted molar refractivity (Wildman–Crippen MR) is 76.3 cm³/mol. The second-order valence-corrected chi connectivity index (χ2v) is 4.66. The predicted octanol–water partition coefficient (Wildman–Crippen LogP) is 1.72. The third-order valence-electron chi connectivity index (χ3n) is 3.32. The van der Waals surface area contributed by atoms with Crippen LogP contribution in [0.1, 0.15) is 32.0 Å². The summed E-state index contributed by atoms with van der Waals surface area (Å²) >= 11 is 0. The van der Waals surface area contributed by atoms with E-state index in [0.717, 1.165) is 11.1 Å². The summed E-state index contributed by atoms with van der Waals surface area (Å²) in [5.41, 5.74) is 7.81. The van der Waals surface area contributed by atoms with E-state index in [-0.39, 0.29) is 11.8 Å². The molecule has 5 heteroatoms. The molecule has 2 amide bonds. The minimum Gasteiger partial charge on any atom is -0.347 e. The van der Waals surface area contributed by atoms with Crippen molar-refractivity contribution in [2.75, 3.05) is 0 Å². The van der Waals surface area contributed by atoms with Crippen molar-refractivity contribution in [1.82, 2.24) is 15.4 Å². The molecule has 0 radical (unpaired) electrons. The van der Waals surface area contributed by atoms with Gasteiger partial charge in [0.25, 0.3) is 11.8 Å². The monoisotopic (exact) mass is 271 g/mol. The van der Waals surface area contributed by atoms with Crippen LogP contribution in [0.25, 0.3) is 0 Å².